The Labute approximate surface area is 157 Å². The molecule has 138 valence electrons. The van der Waals surface area contributed by atoms with Crippen molar-refractivity contribution in [2.45, 2.75) is 50.4 Å². The van der Waals surface area contributed by atoms with E-state index in [-0.39, 0.29) is 18.0 Å². The van der Waals surface area contributed by atoms with E-state index in [1.165, 1.54) is 36.3 Å². The predicted octanol–water partition coefficient (Wildman–Crippen LogP) is 4.66. The van der Waals surface area contributed by atoms with Gasteiger partial charge in [0.05, 0.1) is 12.2 Å². The Bertz CT molecular complexity index is 736. The summed E-state index contributed by atoms with van der Waals surface area (Å²) in [5.41, 5.74) is 1.69. The van der Waals surface area contributed by atoms with Crippen LogP contribution in [0, 0.1) is 5.82 Å². The number of nitrogens with zero attached hydrogens (tertiary/aromatic N) is 2. The van der Waals surface area contributed by atoms with Gasteiger partial charge in [-0.2, -0.15) is 11.3 Å². The maximum Gasteiger partial charge on any atom is 0.414 e. The highest BCUT2D eigenvalue weighted by Crippen LogP contribution is 2.36. The summed E-state index contributed by atoms with van der Waals surface area (Å²) in [5.74, 6) is -0.278. The summed E-state index contributed by atoms with van der Waals surface area (Å²) >= 11 is 1.54. The fourth-order valence-electron chi connectivity index (χ4n) is 4.11. The summed E-state index contributed by atoms with van der Waals surface area (Å²) in [7, 11) is 2.17. The van der Waals surface area contributed by atoms with Gasteiger partial charge >= 0.3 is 6.09 Å². The minimum Gasteiger partial charge on any atom is -0.446 e. The van der Waals surface area contributed by atoms with E-state index in [2.05, 4.69) is 11.9 Å². The lowest BCUT2D eigenvalue weighted by atomic mass is 10.0. The van der Waals surface area contributed by atoms with Gasteiger partial charge < -0.3 is 9.64 Å². The molecule has 6 heteroatoms. The highest BCUT2D eigenvalue weighted by Gasteiger charge is 2.40. The Morgan fingerprint density at radius 3 is 2.54 bits per heavy atom. The zero-order valence-electron chi connectivity index (χ0n) is 14.8. The second-order valence-electron chi connectivity index (χ2n) is 7.22. The van der Waals surface area contributed by atoms with Gasteiger partial charge in [-0.3, -0.25) is 4.90 Å². The summed E-state index contributed by atoms with van der Waals surface area (Å²) in [4.78, 5) is 17.0. The first-order chi connectivity index (χ1) is 12.6. The van der Waals surface area contributed by atoms with Crippen LogP contribution in [-0.4, -0.2) is 36.2 Å². The molecular formula is C20H23FN2O2S. The molecule has 2 atom stereocenters. The second-order valence-corrected chi connectivity index (χ2v) is 8.00. The molecule has 2 aromatic rings. The van der Waals surface area contributed by atoms with Crippen molar-refractivity contribution in [3.8, 4) is 0 Å². The number of anilines is 1. The third-order valence-corrected chi connectivity index (χ3v) is 6.29. The van der Waals surface area contributed by atoms with Gasteiger partial charge in [-0.25, -0.2) is 9.18 Å². The molecule has 2 aliphatic heterocycles. The van der Waals surface area contributed by atoms with E-state index in [1.807, 2.05) is 16.8 Å². The fraction of sp³-hybridized carbons (Fsp3) is 0.450. The Morgan fingerprint density at radius 1 is 1.23 bits per heavy atom. The molecule has 0 saturated carbocycles. The summed E-state index contributed by atoms with van der Waals surface area (Å²) in [5, 5.41) is 3.87. The fourth-order valence-corrected chi connectivity index (χ4v) is 4.75. The summed E-state index contributed by atoms with van der Waals surface area (Å²) in [6.45, 7) is 0.370. The van der Waals surface area contributed by atoms with Gasteiger partial charge in [0.2, 0.25) is 0 Å². The SMILES string of the molecule is CN1C2CCC1CC(OC(=O)N(Cc1ccc(F)cc1)c1ccsc1)C2. The van der Waals surface area contributed by atoms with Crippen molar-refractivity contribution < 1.29 is 13.9 Å². The number of hydrogen-bond donors (Lipinski definition) is 0. The van der Waals surface area contributed by atoms with Gasteiger partial charge in [0.15, 0.2) is 0 Å². The molecule has 2 saturated heterocycles. The van der Waals surface area contributed by atoms with Gasteiger partial charge in [0, 0.05) is 30.3 Å². The number of ether oxygens (including phenoxy) is 1. The molecule has 1 amide bonds. The third-order valence-electron chi connectivity index (χ3n) is 5.61. The van der Waals surface area contributed by atoms with Crippen molar-refractivity contribution in [3.63, 3.8) is 0 Å². The monoisotopic (exact) mass is 374 g/mol. The normalized spacial score (nSPS) is 25.2. The number of hydrogen-bond acceptors (Lipinski definition) is 4. The van der Waals surface area contributed by atoms with E-state index in [1.54, 1.807) is 17.0 Å². The molecule has 1 aromatic heterocycles. The van der Waals surface area contributed by atoms with Crippen molar-refractivity contribution in [3.05, 3.63) is 52.5 Å². The van der Waals surface area contributed by atoms with Crippen LogP contribution in [0.15, 0.2) is 41.1 Å². The lowest BCUT2D eigenvalue weighted by Gasteiger charge is -2.36. The van der Waals surface area contributed by atoms with Crippen LogP contribution in [0.4, 0.5) is 14.9 Å². The predicted molar refractivity (Wildman–Crippen MR) is 101 cm³/mol. The molecular weight excluding hydrogens is 351 g/mol. The first kappa shape index (κ1) is 17.5. The van der Waals surface area contributed by atoms with Crippen molar-refractivity contribution in [1.29, 1.82) is 0 Å². The molecule has 0 aliphatic carbocycles. The maximum absolute atomic E-state index is 13.2. The largest absolute Gasteiger partial charge is 0.446 e. The Morgan fingerprint density at radius 2 is 1.92 bits per heavy atom. The van der Waals surface area contributed by atoms with E-state index < -0.39 is 0 Å². The van der Waals surface area contributed by atoms with E-state index in [0.717, 1.165) is 24.1 Å². The molecule has 1 aromatic carbocycles. The Kier molecular flexibility index (Phi) is 4.96. The minimum absolute atomic E-state index is 0.0226. The molecule has 0 radical (unpaired) electrons. The quantitative estimate of drug-likeness (QED) is 0.781. The van der Waals surface area contributed by atoms with E-state index >= 15 is 0 Å². The van der Waals surface area contributed by atoms with Crippen molar-refractivity contribution >= 4 is 23.1 Å². The zero-order valence-corrected chi connectivity index (χ0v) is 15.6. The van der Waals surface area contributed by atoms with Gasteiger partial charge in [0.25, 0.3) is 0 Å². The first-order valence-corrected chi connectivity index (χ1v) is 10.0. The number of piperidine rings is 1. The van der Waals surface area contributed by atoms with Crippen LogP contribution in [0.2, 0.25) is 0 Å². The average Bonchev–Trinajstić information content (AvgIpc) is 3.21. The molecule has 4 rings (SSSR count). The third kappa shape index (κ3) is 3.62. The van der Waals surface area contributed by atoms with Crippen LogP contribution >= 0.6 is 11.3 Å². The van der Waals surface area contributed by atoms with Crippen LogP contribution < -0.4 is 4.90 Å². The topological polar surface area (TPSA) is 32.8 Å². The number of benzene rings is 1. The Balaban J connectivity index is 1.47. The molecule has 2 fully saturated rings. The van der Waals surface area contributed by atoms with E-state index in [4.69, 9.17) is 4.74 Å². The Hall–Kier alpha value is -1.92. The maximum atomic E-state index is 13.2. The number of amides is 1. The van der Waals surface area contributed by atoms with Gasteiger partial charge in [-0.15, -0.1) is 0 Å². The molecule has 0 N–H and O–H groups in total. The van der Waals surface area contributed by atoms with Crippen molar-refractivity contribution in [1.82, 2.24) is 4.90 Å². The number of carbonyl (C=O) groups excluding carboxylic acids is 1. The van der Waals surface area contributed by atoms with E-state index in [9.17, 15) is 9.18 Å². The van der Waals surface area contributed by atoms with E-state index in [0.29, 0.717) is 18.6 Å². The number of carbonyl (C=O) groups is 1. The number of rotatable bonds is 4. The zero-order chi connectivity index (χ0) is 18.1. The molecule has 2 unspecified atom stereocenters. The first-order valence-electron chi connectivity index (χ1n) is 9.07. The lowest BCUT2D eigenvalue weighted by molar-refractivity contribution is 0.0314. The summed E-state index contributed by atoms with van der Waals surface area (Å²) < 4.78 is 19.1. The standard InChI is InChI=1S/C20H23FN2O2S/c1-22-16-6-7-17(22)11-19(10-16)25-20(24)23(18-8-9-26-13-18)12-14-2-4-15(21)5-3-14/h2-5,8-9,13,16-17,19H,6-7,10-12H2,1H3. The number of halogens is 1. The van der Waals surface area contributed by atoms with Crippen LogP contribution in [0.1, 0.15) is 31.2 Å². The van der Waals surface area contributed by atoms with Gasteiger partial charge in [-0.05, 0) is 49.0 Å². The van der Waals surface area contributed by atoms with Crippen LogP contribution in [-0.2, 0) is 11.3 Å². The van der Waals surface area contributed by atoms with Gasteiger partial charge in [0.1, 0.15) is 11.9 Å². The smallest absolute Gasteiger partial charge is 0.414 e. The summed E-state index contributed by atoms with van der Waals surface area (Å²) in [6.07, 6.45) is 3.87. The highest BCUT2D eigenvalue weighted by molar-refractivity contribution is 7.08. The van der Waals surface area contributed by atoms with Crippen LogP contribution in [0.25, 0.3) is 0 Å². The molecule has 3 heterocycles. The van der Waals surface area contributed by atoms with Crippen LogP contribution in [0.5, 0.6) is 0 Å². The second kappa shape index (κ2) is 7.37. The molecule has 2 aliphatic rings. The molecule has 0 spiro atoms. The van der Waals surface area contributed by atoms with Crippen LogP contribution in [0.3, 0.4) is 0 Å². The van der Waals surface area contributed by atoms with Crippen molar-refractivity contribution in [2.24, 2.45) is 0 Å². The molecule has 26 heavy (non-hydrogen) atoms. The average molecular weight is 374 g/mol. The number of thiophene rings is 1. The molecule has 2 bridgehead atoms. The van der Waals surface area contributed by atoms with Gasteiger partial charge in [-0.1, -0.05) is 12.1 Å². The molecule has 4 nitrogen and oxygen atoms in total. The van der Waals surface area contributed by atoms with Crippen molar-refractivity contribution in [2.75, 3.05) is 11.9 Å². The minimum atomic E-state index is -0.318. The lowest BCUT2D eigenvalue weighted by Crippen LogP contribution is -2.45. The number of fused-ring (bicyclic) bond motifs is 2. The summed E-state index contributed by atoms with van der Waals surface area (Å²) in [6, 6.07) is 9.21. The highest BCUT2D eigenvalue weighted by atomic mass is 32.1.